The van der Waals surface area contributed by atoms with Crippen LogP contribution in [0.4, 0.5) is 18.9 Å². The third-order valence-electron chi connectivity index (χ3n) is 7.13. The van der Waals surface area contributed by atoms with Crippen molar-refractivity contribution in [2.24, 2.45) is 7.05 Å². The normalized spacial score (nSPS) is 15.3. The Kier molecular flexibility index (Phi) is 6.90. The monoisotopic (exact) mass is 525 g/mol. The zero-order valence-electron chi connectivity index (χ0n) is 20.4. The van der Waals surface area contributed by atoms with Gasteiger partial charge in [0, 0.05) is 73.4 Å². The number of halogens is 4. The molecule has 0 radical (unpaired) electrons. The van der Waals surface area contributed by atoms with E-state index in [0.717, 1.165) is 28.1 Å². The lowest BCUT2D eigenvalue weighted by Crippen LogP contribution is -2.49. The summed E-state index contributed by atoms with van der Waals surface area (Å²) in [4.78, 5) is 17.2. The highest BCUT2D eigenvalue weighted by Gasteiger charge is 2.32. The molecule has 37 heavy (non-hydrogen) atoms. The molecule has 1 atom stereocenters. The SMILES string of the molecule is Cn1cc(C(CC(=O)N2CCN(c3cccc(C(F)(F)F)c3)CC2)c2ccc(Cl)cc2)c2ccccc21. The number of anilines is 1. The summed E-state index contributed by atoms with van der Waals surface area (Å²) in [6.45, 7) is 1.87. The van der Waals surface area contributed by atoms with Crippen LogP contribution in [0.3, 0.4) is 0 Å². The van der Waals surface area contributed by atoms with Crippen LogP contribution in [0.5, 0.6) is 0 Å². The predicted octanol–water partition coefficient (Wildman–Crippen LogP) is 6.72. The number of piperazine rings is 1. The maximum absolute atomic E-state index is 13.5. The average Bonchev–Trinajstić information content (AvgIpc) is 3.23. The van der Waals surface area contributed by atoms with Gasteiger partial charge >= 0.3 is 6.18 Å². The van der Waals surface area contributed by atoms with E-state index in [9.17, 15) is 18.0 Å². The topological polar surface area (TPSA) is 28.5 Å². The molecule has 1 fully saturated rings. The maximum Gasteiger partial charge on any atom is 0.416 e. The highest BCUT2D eigenvalue weighted by molar-refractivity contribution is 6.30. The van der Waals surface area contributed by atoms with Crippen LogP contribution in [0, 0.1) is 0 Å². The lowest BCUT2D eigenvalue weighted by molar-refractivity contribution is -0.137. The second kappa shape index (κ2) is 10.1. The Morgan fingerprint density at radius 3 is 2.35 bits per heavy atom. The van der Waals surface area contributed by atoms with E-state index in [1.807, 2.05) is 53.2 Å². The summed E-state index contributed by atoms with van der Waals surface area (Å²) >= 11 is 6.14. The van der Waals surface area contributed by atoms with Gasteiger partial charge < -0.3 is 14.4 Å². The molecule has 0 spiro atoms. The summed E-state index contributed by atoms with van der Waals surface area (Å²) in [5, 5.41) is 1.74. The van der Waals surface area contributed by atoms with Crippen molar-refractivity contribution in [1.29, 1.82) is 0 Å². The van der Waals surface area contributed by atoms with Gasteiger partial charge in [0.1, 0.15) is 0 Å². The van der Waals surface area contributed by atoms with Gasteiger partial charge in [-0.15, -0.1) is 0 Å². The first-order valence-electron chi connectivity index (χ1n) is 12.2. The van der Waals surface area contributed by atoms with E-state index in [-0.39, 0.29) is 11.8 Å². The third-order valence-corrected chi connectivity index (χ3v) is 7.38. The zero-order chi connectivity index (χ0) is 26.2. The number of carbonyl (C=O) groups excluding carboxylic acids is 1. The number of amides is 1. The van der Waals surface area contributed by atoms with Crippen LogP contribution in [0.15, 0.2) is 79.0 Å². The third kappa shape index (κ3) is 5.32. The molecule has 3 aromatic carbocycles. The lowest BCUT2D eigenvalue weighted by atomic mass is 9.87. The van der Waals surface area contributed by atoms with Gasteiger partial charge in [-0.1, -0.05) is 48.0 Å². The van der Waals surface area contributed by atoms with E-state index in [1.54, 1.807) is 6.07 Å². The molecule has 1 aliphatic rings. The van der Waals surface area contributed by atoms with E-state index in [0.29, 0.717) is 43.3 Å². The highest BCUT2D eigenvalue weighted by atomic mass is 35.5. The molecule has 8 heteroatoms. The molecule has 1 aromatic heterocycles. The summed E-state index contributed by atoms with van der Waals surface area (Å²) in [7, 11) is 2.00. The summed E-state index contributed by atoms with van der Waals surface area (Å²) < 4.78 is 41.5. The molecule has 0 aliphatic carbocycles. The van der Waals surface area contributed by atoms with E-state index < -0.39 is 11.7 Å². The van der Waals surface area contributed by atoms with Crippen LogP contribution in [0.2, 0.25) is 5.02 Å². The number of rotatable bonds is 5. The smallest absolute Gasteiger partial charge is 0.368 e. The van der Waals surface area contributed by atoms with Crippen molar-refractivity contribution in [1.82, 2.24) is 9.47 Å². The molecule has 5 rings (SSSR count). The number of benzene rings is 3. The van der Waals surface area contributed by atoms with Crippen LogP contribution in [-0.2, 0) is 18.0 Å². The first-order valence-corrected chi connectivity index (χ1v) is 12.6. The standard InChI is InChI=1S/C29H27ClF3N3O/c1-34-19-26(24-7-2-3-8-27(24)34)25(20-9-11-22(30)12-10-20)18-28(37)36-15-13-35(14-16-36)23-6-4-5-21(17-23)29(31,32)33/h2-12,17,19,25H,13-16,18H2,1H3. The molecule has 2 heterocycles. The molecule has 0 bridgehead atoms. The second-order valence-corrected chi connectivity index (χ2v) is 9.87. The fraction of sp³-hybridized carbons (Fsp3) is 0.276. The van der Waals surface area contributed by atoms with Crippen LogP contribution >= 0.6 is 11.6 Å². The minimum absolute atomic E-state index is 0.0246. The summed E-state index contributed by atoms with van der Waals surface area (Å²) in [6.07, 6.45) is -2.01. The largest absolute Gasteiger partial charge is 0.416 e. The Bertz CT molecular complexity index is 1410. The fourth-order valence-electron chi connectivity index (χ4n) is 5.15. The van der Waals surface area contributed by atoms with Crippen molar-refractivity contribution in [2.75, 3.05) is 31.1 Å². The Labute approximate surface area is 218 Å². The second-order valence-electron chi connectivity index (χ2n) is 9.44. The van der Waals surface area contributed by atoms with E-state index >= 15 is 0 Å². The van der Waals surface area contributed by atoms with Crippen LogP contribution in [-0.4, -0.2) is 41.6 Å². The molecular formula is C29H27ClF3N3O. The van der Waals surface area contributed by atoms with Crippen molar-refractivity contribution < 1.29 is 18.0 Å². The Balaban J connectivity index is 1.35. The average molecular weight is 526 g/mol. The van der Waals surface area contributed by atoms with E-state index in [4.69, 9.17) is 11.6 Å². The van der Waals surface area contributed by atoms with E-state index in [2.05, 4.69) is 22.9 Å². The molecule has 0 saturated carbocycles. The Morgan fingerprint density at radius 2 is 1.65 bits per heavy atom. The molecule has 1 aliphatic heterocycles. The van der Waals surface area contributed by atoms with Crippen molar-refractivity contribution in [3.8, 4) is 0 Å². The number of aryl methyl sites for hydroxylation is 1. The Hall–Kier alpha value is -3.45. The van der Waals surface area contributed by atoms with Crippen molar-refractivity contribution >= 4 is 34.1 Å². The number of hydrogen-bond acceptors (Lipinski definition) is 2. The van der Waals surface area contributed by atoms with Gasteiger partial charge in [-0.05, 0) is 47.5 Å². The van der Waals surface area contributed by atoms with Gasteiger partial charge in [0.25, 0.3) is 0 Å². The first kappa shape index (κ1) is 25.2. The van der Waals surface area contributed by atoms with Gasteiger partial charge in [-0.3, -0.25) is 4.79 Å². The number of nitrogens with zero attached hydrogens (tertiary/aromatic N) is 3. The highest BCUT2D eigenvalue weighted by Crippen LogP contribution is 2.36. The molecule has 4 nitrogen and oxygen atoms in total. The minimum Gasteiger partial charge on any atom is -0.368 e. The van der Waals surface area contributed by atoms with Gasteiger partial charge in [0.05, 0.1) is 5.56 Å². The van der Waals surface area contributed by atoms with E-state index in [1.165, 1.54) is 12.1 Å². The molecule has 192 valence electrons. The summed E-state index contributed by atoms with van der Waals surface area (Å²) in [5.74, 6) is -0.131. The maximum atomic E-state index is 13.5. The van der Waals surface area contributed by atoms with Gasteiger partial charge in [-0.2, -0.15) is 13.2 Å². The van der Waals surface area contributed by atoms with Gasteiger partial charge in [-0.25, -0.2) is 0 Å². The predicted molar refractivity (Wildman–Crippen MR) is 141 cm³/mol. The lowest BCUT2D eigenvalue weighted by Gasteiger charge is -2.37. The number of carbonyl (C=O) groups is 1. The minimum atomic E-state index is -4.38. The number of para-hydroxylation sites is 1. The molecule has 1 amide bonds. The fourth-order valence-corrected chi connectivity index (χ4v) is 5.28. The first-order chi connectivity index (χ1) is 17.7. The van der Waals surface area contributed by atoms with Crippen molar-refractivity contribution in [3.63, 3.8) is 0 Å². The summed E-state index contributed by atoms with van der Waals surface area (Å²) in [6, 6.07) is 21.1. The number of fused-ring (bicyclic) bond motifs is 1. The quantitative estimate of drug-likeness (QED) is 0.289. The molecule has 1 unspecified atom stereocenters. The Morgan fingerprint density at radius 1 is 0.946 bits per heavy atom. The number of hydrogen-bond donors (Lipinski definition) is 0. The zero-order valence-corrected chi connectivity index (χ0v) is 21.1. The number of alkyl halides is 3. The number of aromatic nitrogens is 1. The molecule has 4 aromatic rings. The van der Waals surface area contributed by atoms with Crippen LogP contribution in [0.25, 0.3) is 10.9 Å². The van der Waals surface area contributed by atoms with Crippen molar-refractivity contribution in [3.05, 3.63) is 101 Å². The van der Waals surface area contributed by atoms with Crippen LogP contribution in [0.1, 0.15) is 29.0 Å². The van der Waals surface area contributed by atoms with Gasteiger partial charge in [0.2, 0.25) is 5.91 Å². The van der Waals surface area contributed by atoms with Crippen molar-refractivity contribution in [2.45, 2.75) is 18.5 Å². The van der Waals surface area contributed by atoms with Gasteiger partial charge in [0.15, 0.2) is 0 Å². The molecule has 1 saturated heterocycles. The summed E-state index contributed by atoms with van der Waals surface area (Å²) in [5.41, 5.74) is 3.05. The molecular weight excluding hydrogens is 499 g/mol. The van der Waals surface area contributed by atoms with Crippen LogP contribution < -0.4 is 4.90 Å². The molecule has 0 N–H and O–H groups in total.